The molecule has 0 unspecified atom stereocenters. The van der Waals surface area contributed by atoms with Crippen LogP contribution in [0.5, 0.6) is 0 Å². The number of aliphatic hydroxyl groups is 2. The van der Waals surface area contributed by atoms with Crippen LogP contribution >= 0.6 is 0 Å². The van der Waals surface area contributed by atoms with Crippen molar-refractivity contribution in [3.63, 3.8) is 0 Å². The summed E-state index contributed by atoms with van der Waals surface area (Å²) in [6.07, 6.45) is 22.8. The maximum atomic E-state index is 10.5. The van der Waals surface area contributed by atoms with E-state index in [1.165, 1.54) is 89.9 Å². The molecule has 6 nitrogen and oxygen atoms in total. The minimum absolute atomic E-state index is 0.108. The highest BCUT2D eigenvalue weighted by Crippen LogP contribution is 2.13. The summed E-state index contributed by atoms with van der Waals surface area (Å²) in [7, 11) is 0. The van der Waals surface area contributed by atoms with Gasteiger partial charge in [0.25, 0.3) is 0 Å². The van der Waals surface area contributed by atoms with Crippen LogP contribution in [0.1, 0.15) is 155 Å². The molecule has 0 saturated heterocycles. The van der Waals surface area contributed by atoms with E-state index in [9.17, 15) is 19.8 Å². The lowest BCUT2D eigenvalue weighted by Crippen LogP contribution is -2.19. The Balaban J connectivity index is 0. The molecule has 0 aromatic rings. The van der Waals surface area contributed by atoms with Gasteiger partial charge in [-0.3, -0.25) is 9.59 Å². The van der Waals surface area contributed by atoms with Gasteiger partial charge < -0.3 is 21.1 Å². The number of nitrogens with two attached hydrogens (primary N) is 1. The summed E-state index contributed by atoms with van der Waals surface area (Å²) in [6, 6.07) is 0. The monoisotopic (exact) mass is 487 g/mol. The van der Waals surface area contributed by atoms with Crippen molar-refractivity contribution in [2.45, 2.75) is 167 Å². The van der Waals surface area contributed by atoms with Crippen LogP contribution in [0, 0.1) is 0 Å². The Morgan fingerprint density at radius 1 is 0.559 bits per heavy atom. The highest BCUT2D eigenvalue weighted by atomic mass is 16.4. The molecule has 204 valence electrons. The maximum absolute atomic E-state index is 10.5. The SMILES string of the molecule is CCCCCCCCCCC[C@@H](O)CC(=O)O.CCCCCCCCCCC[C@@H](O)CC(N)=O. The zero-order chi connectivity index (χ0) is 25.9. The number of rotatable bonds is 24. The summed E-state index contributed by atoms with van der Waals surface area (Å²) in [5, 5.41) is 27.2. The maximum Gasteiger partial charge on any atom is 0.305 e. The van der Waals surface area contributed by atoms with Gasteiger partial charge in [0.15, 0.2) is 0 Å². The minimum atomic E-state index is -0.909. The number of carboxylic acid groups (broad SMARTS) is 1. The van der Waals surface area contributed by atoms with Crippen molar-refractivity contribution in [3.8, 4) is 0 Å². The molecule has 0 saturated carbocycles. The highest BCUT2D eigenvalue weighted by molar-refractivity contribution is 5.74. The quantitative estimate of drug-likeness (QED) is 0.110. The van der Waals surface area contributed by atoms with Crippen LogP contribution in [-0.4, -0.2) is 39.4 Å². The topological polar surface area (TPSA) is 121 Å². The van der Waals surface area contributed by atoms with E-state index in [2.05, 4.69) is 13.8 Å². The molecule has 0 aromatic heterocycles. The summed E-state index contributed by atoms with van der Waals surface area (Å²) in [6.45, 7) is 4.46. The molecule has 2 atom stereocenters. The number of aliphatic hydroxyl groups excluding tert-OH is 2. The number of hydrogen-bond donors (Lipinski definition) is 4. The van der Waals surface area contributed by atoms with Crippen LogP contribution in [0.25, 0.3) is 0 Å². The Hall–Kier alpha value is -1.14. The Labute approximate surface area is 210 Å². The summed E-state index contributed by atoms with van der Waals surface area (Å²) in [5.41, 5.74) is 5.00. The molecule has 0 bridgehead atoms. The van der Waals surface area contributed by atoms with Gasteiger partial charge in [0.2, 0.25) is 5.91 Å². The molecule has 0 aliphatic rings. The molecule has 0 fully saturated rings. The molecule has 0 spiro atoms. The van der Waals surface area contributed by atoms with Crippen LogP contribution in [0.3, 0.4) is 0 Å². The van der Waals surface area contributed by atoms with Gasteiger partial charge in [-0.1, -0.05) is 129 Å². The third kappa shape index (κ3) is 33.0. The fourth-order valence-electron chi connectivity index (χ4n) is 4.02. The van der Waals surface area contributed by atoms with E-state index >= 15 is 0 Å². The number of unbranched alkanes of at least 4 members (excludes halogenated alkanes) is 16. The zero-order valence-corrected chi connectivity index (χ0v) is 22.4. The lowest BCUT2D eigenvalue weighted by atomic mass is 10.0. The lowest BCUT2D eigenvalue weighted by molar-refractivity contribution is -0.139. The predicted octanol–water partition coefficient (Wildman–Crippen LogP) is 6.89. The van der Waals surface area contributed by atoms with Crippen LogP contribution in [0.2, 0.25) is 0 Å². The molecular formula is C28H57NO5. The summed E-state index contributed by atoms with van der Waals surface area (Å²) in [5.74, 6) is -1.32. The van der Waals surface area contributed by atoms with E-state index in [1.807, 2.05) is 0 Å². The molecule has 1 amide bonds. The molecule has 5 N–H and O–H groups in total. The third-order valence-corrected chi connectivity index (χ3v) is 6.13. The minimum Gasteiger partial charge on any atom is -0.481 e. The lowest BCUT2D eigenvalue weighted by Gasteiger charge is -2.07. The molecule has 0 aliphatic heterocycles. The van der Waals surface area contributed by atoms with E-state index in [0.717, 1.165) is 25.7 Å². The average molecular weight is 488 g/mol. The van der Waals surface area contributed by atoms with Crippen LogP contribution in [-0.2, 0) is 9.59 Å². The Bertz CT molecular complexity index is 405. The Morgan fingerprint density at radius 2 is 0.853 bits per heavy atom. The largest absolute Gasteiger partial charge is 0.481 e. The zero-order valence-electron chi connectivity index (χ0n) is 22.4. The second kappa shape index (κ2) is 28.1. The fourth-order valence-corrected chi connectivity index (χ4v) is 4.02. The van der Waals surface area contributed by atoms with Gasteiger partial charge in [-0.15, -0.1) is 0 Å². The first-order valence-electron chi connectivity index (χ1n) is 14.2. The first-order chi connectivity index (χ1) is 16.3. The first-order valence-corrected chi connectivity index (χ1v) is 14.2. The van der Waals surface area contributed by atoms with Crippen molar-refractivity contribution in [1.82, 2.24) is 0 Å². The summed E-state index contributed by atoms with van der Waals surface area (Å²) in [4.78, 5) is 20.8. The number of hydrogen-bond acceptors (Lipinski definition) is 4. The third-order valence-electron chi connectivity index (χ3n) is 6.13. The van der Waals surface area contributed by atoms with Gasteiger partial charge in [-0.25, -0.2) is 0 Å². The van der Waals surface area contributed by atoms with Gasteiger partial charge in [0, 0.05) is 0 Å². The van der Waals surface area contributed by atoms with Crippen molar-refractivity contribution >= 4 is 11.9 Å². The number of aliphatic carboxylic acids is 1. The van der Waals surface area contributed by atoms with Crippen molar-refractivity contribution in [2.75, 3.05) is 0 Å². The van der Waals surface area contributed by atoms with Gasteiger partial charge in [-0.2, -0.15) is 0 Å². The number of carbonyl (C=O) groups excluding carboxylic acids is 1. The molecule has 0 heterocycles. The van der Waals surface area contributed by atoms with E-state index in [-0.39, 0.29) is 12.8 Å². The second-order valence-electron chi connectivity index (χ2n) is 9.81. The first kappa shape index (κ1) is 35.0. The Morgan fingerprint density at radius 3 is 1.15 bits per heavy atom. The standard InChI is InChI=1S/C14H29NO2.C14H28O3/c1-2-3-4-5-6-7-8-9-10-11-13(16)12-14(15)17;1-2-3-4-5-6-7-8-9-10-11-13(15)12-14(16)17/h13,16H,2-12H2,1H3,(H2,15,17);13,15H,2-12H2,1H3,(H,16,17)/t2*13-/m11/s1. The second-order valence-corrected chi connectivity index (χ2v) is 9.81. The van der Waals surface area contributed by atoms with Gasteiger partial charge in [0.1, 0.15) is 0 Å². The normalized spacial score (nSPS) is 12.6. The number of carboxylic acids is 1. The van der Waals surface area contributed by atoms with Gasteiger partial charge >= 0.3 is 5.97 Å². The molecular weight excluding hydrogens is 430 g/mol. The van der Waals surface area contributed by atoms with Crippen LogP contribution in [0.15, 0.2) is 0 Å². The number of primary amides is 1. The van der Waals surface area contributed by atoms with Crippen molar-refractivity contribution in [2.24, 2.45) is 5.73 Å². The van der Waals surface area contributed by atoms with Gasteiger partial charge in [0.05, 0.1) is 25.0 Å². The van der Waals surface area contributed by atoms with E-state index < -0.39 is 24.1 Å². The molecule has 0 rings (SSSR count). The molecule has 0 aromatic carbocycles. The van der Waals surface area contributed by atoms with Crippen LogP contribution < -0.4 is 5.73 Å². The average Bonchev–Trinajstić information content (AvgIpc) is 2.76. The Kier molecular flexibility index (Phi) is 28.9. The van der Waals surface area contributed by atoms with E-state index in [0.29, 0.717) is 12.8 Å². The molecule has 34 heavy (non-hydrogen) atoms. The van der Waals surface area contributed by atoms with Crippen molar-refractivity contribution < 1.29 is 24.9 Å². The summed E-state index contributed by atoms with van der Waals surface area (Å²) < 4.78 is 0. The fraction of sp³-hybridized carbons (Fsp3) is 0.929. The smallest absolute Gasteiger partial charge is 0.305 e. The van der Waals surface area contributed by atoms with Crippen molar-refractivity contribution in [3.05, 3.63) is 0 Å². The number of amides is 1. The molecule has 0 aliphatic carbocycles. The van der Waals surface area contributed by atoms with E-state index in [1.54, 1.807) is 0 Å². The van der Waals surface area contributed by atoms with Gasteiger partial charge in [-0.05, 0) is 12.8 Å². The van der Waals surface area contributed by atoms with Crippen molar-refractivity contribution in [1.29, 1.82) is 0 Å². The number of carbonyl (C=O) groups is 2. The van der Waals surface area contributed by atoms with E-state index in [4.69, 9.17) is 10.8 Å². The summed E-state index contributed by atoms with van der Waals surface area (Å²) >= 11 is 0. The van der Waals surface area contributed by atoms with Crippen LogP contribution in [0.4, 0.5) is 0 Å². The highest BCUT2D eigenvalue weighted by Gasteiger charge is 2.08. The predicted molar refractivity (Wildman–Crippen MR) is 142 cm³/mol. The molecule has 6 heteroatoms. The molecule has 0 radical (unpaired) electrons.